The van der Waals surface area contributed by atoms with Gasteiger partial charge in [-0.25, -0.2) is 0 Å². The van der Waals surface area contributed by atoms with E-state index in [2.05, 4.69) is 11.4 Å². The Hall–Kier alpha value is -2.22. The van der Waals surface area contributed by atoms with Crippen LogP contribution in [0.5, 0.6) is 0 Å². The van der Waals surface area contributed by atoms with Crippen molar-refractivity contribution in [3.8, 4) is 0 Å². The highest BCUT2D eigenvalue weighted by Crippen LogP contribution is 2.27. The quantitative estimate of drug-likeness (QED) is 0.662. The maximum atomic E-state index is 12.6. The second-order valence-corrected chi connectivity index (χ2v) is 7.82. The Bertz CT molecular complexity index is 783. The van der Waals surface area contributed by atoms with Crippen LogP contribution in [0.3, 0.4) is 0 Å². The van der Waals surface area contributed by atoms with Crippen LogP contribution in [0.4, 0.5) is 0 Å². The molecule has 0 radical (unpaired) electrons. The van der Waals surface area contributed by atoms with Gasteiger partial charge in [0.05, 0.1) is 0 Å². The summed E-state index contributed by atoms with van der Waals surface area (Å²) in [5.41, 5.74) is 1.81. The normalized spacial score (nSPS) is 19.8. The lowest BCUT2D eigenvalue weighted by atomic mass is 9.98. The van der Waals surface area contributed by atoms with E-state index in [0.717, 1.165) is 16.9 Å². The van der Waals surface area contributed by atoms with Crippen LogP contribution in [0, 0.1) is 5.92 Å². The van der Waals surface area contributed by atoms with Crippen LogP contribution in [0.25, 0.3) is 0 Å². The molecule has 3 unspecified atom stereocenters. The Labute approximate surface area is 176 Å². The molecule has 0 aromatic carbocycles. The predicted molar refractivity (Wildman–Crippen MR) is 115 cm³/mol. The first-order valence-electron chi connectivity index (χ1n) is 10.0. The van der Waals surface area contributed by atoms with Crippen LogP contribution in [-0.4, -0.2) is 52.2 Å². The molecule has 29 heavy (non-hydrogen) atoms. The Morgan fingerprint density at radius 1 is 1.24 bits per heavy atom. The largest absolute Gasteiger partial charge is 0.380 e. The molecule has 3 N–H and O–H groups in total. The van der Waals surface area contributed by atoms with Gasteiger partial charge in [0.1, 0.15) is 0 Å². The van der Waals surface area contributed by atoms with Crippen molar-refractivity contribution in [2.75, 3.05) is 13.1 Å². The number of allylic oxidation sites excluding steroid dienone is 5. The molecule has 0 saturated heterocycles. The third-order valence-electron chi connectivity index (χ3n) is 4.71. The zero-order valence-electron chi connectivity index (χ0n) is 17.2. The summed E-state index contributed by atoms with van der Waals surface area (Å²) in [6, 6.07) is 3.88. The molecule has 3 rings (SSSR count). The van der Waals surface area contributed by atoms with Crippen molar-refractivity contribution in [2.24, 2.45) is 5.92 Å². The number of carbonyl (C=O) groups excluding carboxylic acids is 2. The third kappa shape index (κ3) is 6.13. The van der Waals surface area contributed by atoms with Crippen LogP contribution < -0.4 is 5.32 Å². The smallest absolute Gasteiger partial charge is 0.259 e. The summed E-state index contributed by atoms with van der Waals surface area (Å²) in [4.78, 5) is 27.3. The van der Waals surface area contributed by atoms with Gasteiger partial charge >= 0.3 is 0 Å². The van der Waals surface area contributed by atoms with Crippen molar-refractivity contribution in [1.29, 1.82) is 0 Å². The number of nitrogens with zero attached hydrogens (tertiary/aromatic N) is 1. The topological polar surface area (TPSA) is 89.9 Å². The lowest BCUT2D eigenvalue weighted by molar-refractivity contribution is -0.151. The monoisotopic (exact) mass is 418 g/mol. The highest BCUT2D eigenvalue weighted by molar-refractivity contribution is 7.09. The summed E-state index contributed by atoms with van der Waals surface area (Å²) >= 11 is 1.58. The van der Waals surface area contributed by atoms with Crippen LogP contribution in [-0.2, 0) is 16.0 Å². The highest BCUT2D eigenvalue weighted by atomic mass is 32.1. The van der Waals surface area contributed by atoms with Crippen molar-refractivity contribution in [3.05, 3.63) is 58.0 Å². The first kappa shape index (κ1) is 23.1. The number of thiophene rings is 1. The molecule has 2 amide bonds. The minimum absolute atomic E-state index is 0.252. The van der Waals surface area contributed by atoms with E-state index in [1.54, 1.807) is 11.3 Å². The summed E-state index contributed by atoms with van der Waals surface area (Å²) in [5.74, 6) is -1.16. The van der Waals surface area contributed by atoms with Crippen molar-refractivity contribution in [3.63, 3.8) is 0 Å². The van der Waals surface area contributed by atoms with Gasteiger partial charge in [-0.05, 0) is 43.2 Å². The number of rotatable bonds is 6. The molecular formula is C22H30N2O4S. The number of nitrogens with one attached hydrogen (secondary N) is 1. The fraction of sp³-hybridized carbons (Fsp3) is 0.455. The van der Waals surface area contributed by atoms with E-state index in [1.807, 2.05) is 56.5 Å². The van der Waals surface area contributed by atoms with E-state index in [-0.39, 0.29) is 5.92 Å². The molecule has 3 atom stereocenters. The van der Waals surface area contributed by atoms with Crippen LogP contribution >= 0.6 is 11.3 Å². The van der Waals surface area contributed by atoms with Crippen LogP contribution in [0.15, 0.2) is 53.1 Å². The predicted octanol–water partition coefficient (Wildman–Crippen LogP) is 2.40. The Balaban J connectivity index is 0.00000145. The summed E-state index contributed by atoms with van der Waals surface area (Å²) < 4.78 is 0. The molecule has 0 spiro atoms. The zero-order valence-corrected chi connectivity index (χ0v) is 18.0. The van der Waals surface area contributed by atoms with E-state index in [1.165, 1.54) is 4.90 Å². The minimum Gasteiger partial charge on any atom is -0.380 e. The van der Waals surface area contributed by atoms with E-state index in [4.69, 9.17) is 0 Å². The van der Waals surface area contributed by atoms with Crippen molar-refractivity contribution in [2.45, 2.75) is 45.8 Å². The summed E-state index contributed by atoms with van der Waals surface area (Å²) in [6.45, 7) is 6.77. The third-order valence-corrected chi connectivity index (χ3v) is 5.65. The number of fused-ring (bicyclic) bond motifs is 1. The number of hydrogen-bond donors (Lipinski definition) is 3. The second-order valence-electron chi connectivity index (χ2n) is 6.79. The van der Waals surface area contributed by atoms with Gasteiger partial charge in [-0.2, -0.15) is 0 Å². The van der Waals surface area contributed by atoms with Gasteiger partial charge in [-0.15, -0.1) is 11.3 Å². The lowest BCUT2D eigenvalue weighted by Crippen LogP contribution is -2.51. The Kier molecular flexibility index (Phi) is 8.82. The molecular weight excluding hydrogens is 388 g/mol. The van der Waals surface area contributed by atoms with Crippen molar-refractivity contribution in [1.82, 2.24) is 10.2 Å². The Morgan fingerprint density at radius 2 is 2.00 bits per heavy atom. The molecule has 1 aliphatic carbocycles. The average Bonchev–Trinajstić information content (AvgIpc) is 3.20. The lowest BCUT2D eigenvalue weighted by Gasteiger charge is -2.31. The number of carbonyl (C=O) groups is 2. The van der Waals surface area contributed by atoms with Gasteiger partial charge in [0.15, 0.2) is 12.2 Å². The van der Waals surface area contributed by atoms with Gasteiger partial charge in [0.25, 0.3) is 11.8 Å². The van der Waals surface area contributed by atoms with Crippen LogP contribution in [0.2, 0.25) is 0 Å². The molecule has 2 bridgehead atoms. The second kappa shape index (κ2) is 11.1. The molecule has 158 valence electrons. The van der Waals surface area contributed by atoms with Gasteiger partial charge < -0.3 is 20.4 Å². The van der Waals surface area contributed by atoms with E-state index >= 15 is 0 Å². The summed E-state index contributed by atoms with van der Waals surface area (Å²) in [6.07, 6.45) is 5.62. The van der Waals surface area contributed by atoms with Crippen LogP contribution in [0.1, 0.15) is 32.1 Å². The molecule has 2 aliphatic rings. The van der Waals surface area contributed by atoms with Crippen molar-refractivity contribution >= 4 is 23.2 Å². The maximum Gasteiger partial charge on any atom is 0.259 e. The SMILES string of the molecule is CC.CC1=CC2C=C(C=C1)N(C(=O)C(O)C(O)C(=O)NCCc1cccs1)CC2. The van der Waals surface area contributed by atoms with Gasteiger partial charge in [-0.3, -0.25) is 9.59 Å². The summed E-state index contributed by atoms with van der Waals surface area (Å²) in [7, 11) is 0. The van der Waals surface area contributed by atoms with Crippen molar-refractivity contribution < 1.29 is 19.8 Å². The fourth-order valence-corrected chi connectivity index (χ4v) is 3.94. The molecule has 1 aromatic heterocycles. The van der Waals surface area contributed by atoms with Gasteiger partial charge in [0, 0.05) is 23.7 Å². The van der Waals surface area contributed by atoms with E-state index in [0.29, 0.717) is 25.2 Å². The molecule has 0 saturated carbocycles. The maximum absolute atomic E-state index is 12.6. The number of aliphatic hydroxyl groups is 2. The number of aliphatic hydroxyl groups excluding tert-OH is 2. The first-order chi connectivity index (χ1) is 14.0. The number of amides is 2. The first-order valence-corrected chi connectivity index (χ1v) is 10.9. The van der Waals surface area contributed by atoms with Gasteiger partial charge in [-0.1, -0.05) is 43.7 Å². The summed E-state index contributed by atoms with van der Waals surface area (Å²) in [5, 5.41) is 24.9. The van der Waals surface area contributed by atoms with E-state index < -0.39 is 24.0 Å². The van der Waals surface area contributed by atoms with Gasteiger partial charge in [0.2, 0.25) is 0 Å². The molecule has 1 aliphatic heterocycles. The molecule has 6 nitrogen and oxygen atoms in total. The molecule has 1 aromatic rings. The standard InChI is InChI=1S/C20H24N2O4S.C2H6/c1-13-4-5-15-12-14(11-13)7-9-22(15)20(26)18(24)17(23)19(25)21-8-6-16-3-2-10-27-16;1-2/h2-5,10-12,14,17-18,23-24H,6-9H2,1H3,(H,21,25);1-2H3. The zero-order chi connectivity index (χ0) is 21.4. The Morgan fingerprint density at radius 3 is 2.69 bits per heavy atom. The fourth-order valence-electron chi connectivity index (χ4n) is 3.23. The molecule has 7 heteroatoms. The molecule has 0 fully saturated rings. The average molecular weight is 419 g/mol. The molecule has 2 heterocycles. The number of hydrogen-bond acceptors (Lipinski definition) is 5. The van der Waals surface area contributed by atoms with E-state index in [9.17, 15) is 19.8 Å². The minimum atomic E-state index is -1.80. The highest BCUT2D eigenvalue weighted by Gasteiger charge is 2.35.